The SMILES string of the molecule is O=C(NC[C@@H]([C@@H]1CCOC1)N1CCOCC1)Nc1cccc(Cn2cccnc2=O)c1. The molecule has 3 heterocycles. The Hall–Kier alpha value is -2.75. The Bertz CT molecular complexity index is 922. The molecule has 2 aliphatic rings. The highest BCUT2D eigenvalue weighted by molar-refractivity contribution is 5.89. The molecule has 1 aromatic carbocycles. The predicted octanol–water partition coefficient (Wildman–Crippen LogP) is 1.15. The van der Waals surface area contributed by atoms with Gasteiger partial charge in [0, 0.05) is 56.3 Å². The van der Waals surface area contributed by atoms with Gasteiger partial charge in [-0.05, 0) is 30.2 Å². The highest BCUT2D eigenvalue weighted by atomic mass is 16.5. The van der Waals surface area contributed by atoms with Crippen molar-refractivity contribution in [3.05, 3.63) is 58.8 Å². The Balaban J connectivity index is 1.34. The van der Waals surface area contributed by atoms with E-state index in [4.69, 9.17) is 9.47 Å². The standard InChI is InChI=1S/C22H29N5O4/c28-21(24-14-20(18-5-10-31-16-18)26-8-11-30-12-9-26)25-19-4-1-3-17(13-19)15-27-7-2-6-23-22(27)29/h1-4,6-7,13,18,20H,5,8-12,14-16H2,(H2,24,25,28)/t18-,20+/m1/s1. The topological polar surface area (TPSA) is 97.7 Å². The maximum atomic E-state index is 12.6. The van der Waals surface area contributed by atoms with Crippen LogP contribution >= 0.6 is 0 Å². The van der Waals surface area contributed by atoms with Crippen LogP contribution in [-0.4, -0.2) is 72.6 Å². The molecule has 2 aromatic rings. The number of hydrogen-bond donors (Lipinski definition) is 2. The molecule has 2 amide bonds. The van der Waals surface area contributed by atoms with Crippen molar-refractivity contribution in [1.29, 1.82) is 0 Å². The zero-order valence-electron chi connectivity index (χ0n) is 17.5. The first kappa shape index (κ1) is 21.5. The molecule has 2 N–H and O–H groups in total. The van der Waals surface area contributed by atoms with E-state index in [0.717, 1.165) is 51.5 Å². The smallest absolute Gasteiger partial charge is 0.347 e. The number of anilines is 1. The number of rotatable bonds is 7. The van der Waals surface area contributed by atoms with Gasteiger partial charge in [-0.15, -0.1) is 0 Å². The summed E-state index contributed by atoms with van der Waals surface area (Å²) in [6.07, 6.45) is 4.19. The minimum absolute atomic E-state index is 0.237. The van der Waals surface area contributed by atoms with E-state index >= 15 is 0 Å². The lowest BCUT2D eigenvalue weighted by Gasteiger charge is -2.37. The summed E-state index contributed by atoms with van der Waals surface area (Å²) < 4.78 is 12.6. The number of amides is 2. The third kappa shape index (κ3) is 5.90. The molecule has 1 aromatic heterocycles. The van der Waals surface area contributed by atoms with Crippen molar-refractivity contribution in [1.82, 2.24) is 19.8 Å². The van der Waals surface area contributed by atoms with Crippen LogP contribution in [0.25, 0.3) is 0 Å². The maximum Gasteiger partial charge on any atom is 0.347 e. The van der Waals surface area contributed by atoms with Crippen LogP contribution in [0.3, 0.4) is 0 Å². The minimum atomic E-state index is -0.302. The summed E-state index contributed by atoms with van der Waals surface area (Å²) in [6.45, 7) is 5.67. The number of nitrogens with zero attached hydrogens (tertiary/aromatic N) is 3. The summed E-state index contributed by atoms with van der Waals surface area (Å²) in [6, 6.07) is 9.18. The Morgan fingerprint density at radius 3 is 2.84 bits per heavy atom. The summed E-state index contributed by atoms with van der Waals surface area (Å²) in [5, 5.41) is 5.93. The lowest BCUT2D eigenvalue weighted by Crippen LogP contribution is -2.52. The summed E-state index contributed by atoms with van der Waals surface area (Å²) in [5.41, 5.74) is 1.28. The van der Waals surface area contributed by atoms with E-state index in [0.29, 0.717) is 24.7 Å². The molecular formula is C22H29N5O4. The number of ether oxygens (including phenoxy) is 2. The predicted molar refractivity (Wildman–Crippen MR) is 116 cm³/mol. The van der Waals surface area contributed by atoms with Crippen LogP contribution in [0.1, 0.15) is 12.0 Å². The number of nitrogens with one attached hydrogen (secondary N) is 2. The number of morpholine rings is 1. The van der Waals surface area contributed by atoms with Gasteiger partial charge in [0.25, 0.3) is 0 Å². The molecule has 166 valence electrons. The van der Waals surface area contributed by atoms with E-state index in [9.17, 15) is 9.59 Å². The first-order chi connectivity index (χ1) is 15.2. The minimum Gasteiger partial charge on any atom is -0.381 e. The van der Waals surface area contributed by atoms with Crippen LogP contribution in [0.4, 0.5) is 10.5 Å². The van der Waals surface area contributed by atoms with E-state index in [2.05, 4.69) is 20.5 Å². The molecule has 0 saturated carbocycles. The molecule has 9 heteroatoms. The molecule has 0 spiro atoms. The summed E-state index contributed by atoms with van der Waals surface area (Å²) in [7, 11) is 0. The first-order valence-electron chi connectivity index (χ1n) is 10.7. The van der Waals surface area contributed by atoms with Crippen molar-refractivity contribution in [2.45, 2.75) is 19.0 Å². The fourth-order valence-corrected chi connectivity index (χ4v) is 4.18. The fraction of sp³-hybridized carbons (Fsp3) is 0.500. The maximum absolute atomic E-state index is 12.6. The number of urea groups is 1. The second-order valence-corrected chi connectivity index (χ2v) is 7.90. The molecule has 0 unspecified atom stereocenters. The molecular weight excluding hydrogens is 398 g/mol. The van der Waals surface area contributed by atoms with Crippen molar-refractivity contribution >= 4 is 11.7 Å². The van der Waals surface area contributed by atoms with Gasteiger partial charge in [0.15, 0.2) is 0 Å². The highest BCUT2D eigenvalue weighted by Crippen LogP contribution is 2.22. The fourth-order valence-electron chi connectivity index (χ4n) is 4.18. The van der Waals surface area contributed by atoms with E-state index in [1.807, 2.05) is 24.3 Å². The Morgan fingerprint density at radius 2 is 2.06 bits per heavy atom. The summed E-state index contributed by atoms with van der Waals surface area (Å²) >= 11 is 0. The molecule has 2 atom stereocenters. The number of carbonyl (C=O) groups is 1. The van der Waals surface area contributed by atoms with Crippen molar-refractivity contribution in [3.63, 3.8) is 0 Å². The second kappa shape index (κ2) is 10.5. The monoisotopic (exact) mass is 427 g/mol. The molecule has 2 saturated heterocycles. The van der Waals surface area contributed by atoms with Gasteiger partial charge in [-0.25, -0.2) is 14.6 Å². The van der Waals surface area contributed by atoms with E-state index in [-0.39, 0.29) is 17.8 Å². The van der Waals surface area contributed by atoms with Crippen LogP contribution in [-0.2, 0) is 16.0 Å². The number of hydrogen-bond acceptors (Lipinski definition) is 6. The zero-order chi connectivity index (χ0) is 21.5. The molecule has 2 fully saturated rings. The molecule has 0 aliphatic carbocycles. The van der Waals surface area contributed by atoms with Crippen molar-refractivity contribution in [3.8, 4) is 0 Å². The third-order valence-corrected chi connectivity index (χ3v) is 5.82. The van der Waals surface area contributed by atoms with Crippen LogP contribution < -0.4 is 16.3 Å². The number of aromatic nitrogens is 2. The van der Waals surface area contributed by atoms with Crippen molar-refractivity contribution < 1.29 is 14.3 Å². The van der Waals surface area contributed by atoms with Gasteiger partial charge < -0.3 is 20.1 Å². The van der Waals surface area contributed by atoms with Gasteiger partial charge in [-0.2, -0.15) is 0 Å². The third-order valence-electron chi connectivity index (χ3n) is 5.82. The van der Waals surface area contributed by atoms with E-state index < -0.39 is 0 Å². The van der Waals surface area contributed by atoms with Crippen LogP contribution in [0.15, 0.2) is 47.5 Å². The molecule has 0 bridgehead atoms. The quantitative estimate of drug-likeness (QED) is 0.688. The van der Waals surface area contributed by atoms with Gasteiger partial charge in [0.2, 0.25) is 0 Å². The van der Waals surface area contributed by atoms with Gasteiger partial charge in [0.1, 0.15) is 0 Å². The lowest BCUT2D eigenvalue weighted by atomic mass is 9.97. The van der Waals surface area contributed by atoms with Crippen LogP contribution in [0, 0.1) is 5.92 Å². The van der Waals surface area contributed by atoms with E-state index in [1.54, 1.807) is 12.3 Å². The Morgan fingerprint density at radius 1 is 1.19 bits per heavy atom. The van der Waals surface area contributed by atoms with Gasteiger partial charge in [-0.1, -0.05) is 12.1 Å². The van der Waals surface area contributed by atoms with Crippen LogP contribution in [0.5, 0.6) is 0 Å². The Labute approximate surface area is 181 Å². The molecule has 4 rings (SSSR count). The summed E-state index contributed by atoms with van der Waals surface area (Å²) in [5.74, 6) is 0.416. The molecule has 31 heavy (non-hydrogen) atoms. The van der Waals surface area contributed by atoms with E-state index in [1.165, 1.54) is 10.8 Å². The van der Waals surface area contributed by atoms with Crippen molar-refractivity contribution in [2.75, 3.05) is 51.4 Å². The zero-order valence-corrected chi connectivity index (χ0v) is 17.5. The summed E-state index contributed by atoms with van der Waals surface area (Å²) in [4.78, 5) is 30.6. The van der Waals surface area contributed by atoms with Crippen molar-refractivity contribution in [2.24, 2.45) is 5.92 Å². The first-order valence-corrected chi connectivity index (χ1v) is 10.7. The highest BCUT2D eigenvalue weighted by Gasteiger charge is 2.31. The average molecular weight is 428 g/mol. The molecule has 2 aliphatic heterocycles. The second-order valence-electron chi connectivity index (χ2n) is 7.90. The molecule has 0 radical (unpaired) electrons. The normalized spacial score (nSPS) is 20.3. The lowest BCUT2D eigenvalue weighted by molar-refractivity contribution is 0.00222. The average Bonchev–Trinajstić information content (AvgIpc) is 3.31. The number of carbonyl (C=O) groups excluding carboxylic acids is 1. The van der Waals surface area contributed by atoms with Gasteiger partial charge in [0.05, 0.1) is 26.4 Å². The number of benzene rings is 1. The van der Waals surface area contributed by atoms with Gasteiger partial charge >= 0.3 is 11.7 Å². The van der Waals surface area contributed by atoms with Crippen LogP contribution in [0.2, 0.25) is 0 Å². The Kier molecular flexibility index (Phi) is 7.29. The largest absolute Gasteiger partial charge is 0.381 e. The molecule has 9 nitrogen and oxygen atoms in total. The van der Waals surface area contributed by atoms with Gasteiger partial charge in [-0.3, -0.25) is 9.47 Å².